The highest BCUT2D eigenvalue weighted by Gasteiger charge is 2.33. The quantitative estimate of drug-likeness (QED) is 0.892. The van der Waals surface area contributed by atoms with Crippen molar-refractivity contribution < 1.29 is 14.3 Å². The fraction of sp³-hybridized carbons (Fsp3) is 0.316. The van der Waals surface area contributed by atoms with Crippen LogP contribution in [-0.4, -0.2) is 25.2 Å². The summed E-state index contributed by atoms with van der Waals surface area (Å²) < 4.78 is 11.2. The molecule has 2 aromatic carbocycles. The van der Waals surface area contributed by atoms with E-state index in [4.69, 9.17) is 9.47 Å². The molecule has 1 aliphatic rings. The van der Waals surface area contributed by atoms with Crippen molar-refractivity contribution in [2.75, 3.05) is 7.11 Å². The van der Waals surface area contributed by atoms with Crippen molar-refractivity contribution in [1.29, 1.82) is 0 Å². The lowest BCUT2D eigenvalue weighted by Gasteiger charge is -2.19. The van der Waals surface area contributed by atoms with Crippen LogP contribution in [0.2, 0.25) is 0 Å². The van der Waals surface area contributed by atoms with Gasteiger partial charge in [0.05, 0.1) is 32.3 Å². The predicted molar refractivity (Wildman–Crippen MR) is 88.3 cm³/mol. The summed E-state index contributed by atoms with van der Waals surface area (Å²) in [5, 5.41) is 3.02. The molecule has 1 fully saturated rings. The zero-order valence-corrected chi connectivity index (χ0v) is 13.2. The fourth-order valence-electron chi connectivity index (χ4n) is 2.83. The van der Waals surface area contributed by atoms with Gasteiger partial charge in [-0.25, -0.2) is 0 Å². The summed E-state index contributed by atoms with van der Waals surface area (Å²) in [5.74, 6) is 0.891. The Balaban J connectivity index is 1.61. The maximum atomic E-state index is 11.8. The molecule has 1 aliphatic heterocycles. The maximum absolute atomic E-state index is 11.8. The summed E-state index contributed by atoms with van der Waals surface area (Å²) >= 11 is 0. The SMILES string of the molecule is COc1ccc(C[C@H]2NC(=O)C[C@@H]2OCc2ccccc2)cc1. The molecule has 3 rings (SSSR count). The molecule has 120 valence electrons. The van der Waals surface area contributed by atoms with Gasteiger partial charge in [-0.05, 0) is 29.7 Å². The van der Waals surface area contributed by atoms with Gasteiger partial charge in [0.15, 0.2) is 0 Å². The van der Waals surface area contributed by atoms with Crippen molar-refractivity contribution in [1.82, 2.24) is 5.32 Å². The highest BCUT2D eigenvalue weighted by Crippen LogP contribution is 2.20. The van der Waals surface area contributed by atoms with Crippen molar-refractivity contribution in [2.45, 2.75) is 31.6 Å². The minimum absolute atomic E-state index is 0.0135. The molecule has 0 saturated carbocycles. The smallest absolute Gasteiger partial charge is 0.223 e. The first-order chi connectivity index (χ1) is 11.2. The molecule has 1 amide bonds. The maximum Gasteiger partial charge on any atom is 0.223 e. The van der Waals surface area contributed by atoms with Gasteiger partial charge in [-0.15, -0.1) is 0 Å². The number of hydrogen-bond donors (Lipinski definition) is 1. The monoisotopic (exact) mass is 311 g/mol. The van der Waals surface area contributed by atoms with E-state index in [0.717, 1.165) is 23.3 Å². The number of methoxy groups -OCH3 is 1. The van der Waals surface area contributed by atoms with E-state index >= 15 is 0 Å². The van der Waals surface area contributed by atoms with Gasteiger partial charge < -0.3 is 14.8 Å². The first-order valence-electron chi connectivity index (χ1n) is 7.82. The Morgan fingerprint density at radius 1 is 1.04 bits per heavy atom. The van der Waals surface area contributed by atoms with Gasteiger partial charge in [0.25, 0.3) is 0 Å². The topological polar surface area (TPSA) is 47.6 Å². The van der Waals surface area contributed by atoms with E-state index in [0.29, 0.717) is 13.0 Å². The van der Waals surface area contributed by atoms with Crippen LogP contribution in [-0.2, 0) is 22.6 Å². The third-order valence-electron chi connectivity index (χ3n) is 4.10. The summed E-state index contributed by atoms with van der Waals surface area (Å²) in [7, 11) is 1.65. The molecule has 1 heterocycles. The van der Waals surface area contributed by atoms with Crippen LogP contribution in [0, 0.1) is 0 Å². The van der Waals surface area contributed by atoms with Crippen LogP contribution in [0.4, 0.5) is 0 Å². The van der Waals surface area contributed by atoms with E-state index in [2.05, 4.69) is 5.32 Å². The van der Waals surface area contributed by atoms with Crippen LogP contribution in [0.25, 0.3) is 0 Å². The number of rotatable bonds is 6. The molecule has 0 bridgehead atoms. The number of carbonyl (C=O) groups is 1. The Morgan fingerprint density at radius 3 is 2.48 bits per heavy atom. The fourth-order valence-corrected chi connectivity index (χ4v) is 2.83. The van der Waals surface area contributed by atoms with Crippen LogP contribution >= 0.6 is 0 Å². The lowest BCUT2D eigenvalue weighted by Crippen LogP contribution is -2.35. The van der Waals surface area contributed by atoms with Gasteiger partial charge in [0, 0.05) is 0 Å². The molecule has 0 aromatic heterocycles. The Hall–Kier alpha value is -2.33. The largest absolute Gasteiger partial charge is 0.497 e. The van der Waals surface area contributed by atoms with Gasteiger partial charge in [0.1, 0.15) is 5.75 Å². The Bertz CT molecular complexity index is 639. The second-order valence-electron chi connectivity index (χ2n) is 5.77. The van der Waals surface area contributed by atoms with Crippen molar-refractivity contribution in [3.8, 4) is 5.75 Å². The average Bonchev–Trinajstić information content (AvgIpc) is 2.94. The summed E-state index contributed by atoms with van der Waals surface area (Å²) in [4.78, 5) is 11.8. The average molecular weight is 311 g/mol. The van der Waals surface area contributed by atoms with E-state index in [1.165, 1.54) is 0 Å². The van der Waals surface area contributed by atoms with E-state index in [9.17, 15) is 4.79 Å². The Kier molecular flexibility index (Phi) is 4.93. The summed E-state index contributed by atoms with van der Waals surface area (Å²) in [6.07, 6.45) is 1.09. The molecule has 0 aliphatic carbocycles. The molecule has 0 radical (unpaired) electrons. The van der Waals surface area contributed by atoms with Gasteiger partial charge in [-0.1, -0.05) is 42.5 Å². The van der Waals surface area contributed by atoms with Gasteiger partial charge in [-0.2, -0.15) is 0 Å². The van der Waals surface area contributed by atoms with E-state index in [-0.39, 0.29) is 18.1 Å². The van der Waals surface area contributed by atoms with E-state index in [1.54, 1.807) is 7.11 Å². The highest BCUT2D eigenvalue weighted by molar-refractivity contribution is 5.79. The number of ether oxygens (including phenoxy) is 2. The minimum atomic E-state index is -0.0928. The number of nitrogens with one attached hydrogen (secondary N) is 1. The predicted octanol–water partition coefficient (Wildman–Crippen LogP) is 2.71. The minimum Gasteiger partial charge on any atom is -0.497 e. The zero-order chi connectivity index (χ0) is 16.1. The van der Waals surface area contributed by atoms with Crippen LogP contribution in [0.5, 0.6) is 5.75 Å². The molecule has 1 saturated heterocycles. The van der Waals surface area contributed by atoms with Crippen LogP contribution in [0.15, 0.2) is 54.6 Å². The van der Waals surface area contributed by atoms with Crippen molar-refractivity contribution in [3.63, 3.8) is 0 Å². The molecule has 2 aromatic rings. The molecular formula is C19H21NO3. The molecule has 0 spiro atoms. The second kappa shape index (κ2) is 7.29. The number of hydrogen-bond acceptors (Lipinski definition) is 3. The van der Waals surface area contributed by atoms with Crippen LogP contribution in [0.3, 0.4) is 0 Å². The molecule has 0 unspecified atom stereocenters. The van der Waals surface area contributed by atoms with Crippen LogP contribution in [0.1, 0.15) is 17.5 Å². The third-order valence-corrected chi connectivity index (χ3v) is 4.10. The number of benzene rings is 2. The van der Waals surface area contributed by atoms with E-state index in [1.807, 2.05) is 54.6 Å². The molecule has 23 heavy (non-hydrogen) atoms. The molecular weight excluding hydrogens is 290 g/mol. The zero-order valence-electron chi connectivity index (χ0n) is 13.2. The van der Waals surface area contributed by atoms with Crippen molar-refractivity contribution >= 4 is 5.91 Å². The summed E-state index contributed by atoms with van der Waals surface area (Å²) in [6.45, 7) is 0.527. The normalized spacial score (nSPS) is 20.3. The molecule has 4 nitrogen and oxygen atoms in total. The summed E-state index contributed by atoms with van der Waals surface area (Å²) in [6, 6.07) is 18.0. The lowest BCUT2D eigenvalue weighted by atomic mass is 10.0. The highest BCUT2D eigenvalue weighted by atomic mass is 16.5. The number of amides is 1. The molecule has 4 heteroatoms. The van der Waals surface area contributed by atoms with E-state index < -0.39 is 0 Å². The third kappa shape index (κ3) is 4.11. The second-order valence-corrected chi connectivity index (χ2v) is 5.77. The Morgan fingerprint density at radius 2 is 1.78 bits per heavy atom. The lowest BCUT2D eigenvalue weighted by molar-refractivity contribution is -0.119. The molecule has 1 N–H and O–H groups in total. The Labute approximate surface area is 136 Å². The first-order valence-corrected chi connectivity index (χ1v) is 7.82. The van der Waals surface area contributed by atoms with Gasteiger partial charge >= 0.3 is 0 Å². The molecule has 2 atom stereocenters. The number of carbonyl (C=O) groups excluding carboxylic acids is 1. The summed E-state index contributed by atoms with van der Waals surface area (Å²) in [5.41, 5.74) is 2.28. The first kappa shape index (κ1) is 15.6. The van der Waals surface area contributed by atoms with Gasteiger partial charge in [-0.3, -0.25) is 4.79 Å². The van der Waals surface area contributed by atoms with Crippen LogP contribution < -0.4 is 10.1 Å². The van der Waals surface area contributed by atoms with Crippen molar-refractivity contribution in [3.05, 3.63) is 65.7 Å². The van der Waals surface area contributed by atoms with Gasteiger partial charge in [0.2, 0.25) is 5.91 Å². The standard InChI is InChI=1S/C19H21NO3/c1-22-16-9-7-14(8-10-16)11-17-18(12-19(21)20-17)23-13-15-5-3-2-4-6-15/h2-10,17-18H,11-13H2,1H3,(H,20,21)/t17-,18+/m1/s1. The van der Waals surface area contributed by atoms with Crippen molar-refractivity contribution in [2.24, 2.45) is 0 Å².